The number of alkyl carbamates (subject to hydrolysis) is 1. The summed E-state index contributed by atoms with van der Waals surface area (Å²) in [6, 6.07) is 0. The number of carboxylic acids is 1. The third-order valence-electron chi connectivity index (χ3n) is 7.10. The van der Waals surface area contributed by atoms with Gasteiger partial charge in [0.1, 0.15) is 11.2 Å². The van der Waals surface area contributed by atoms with Gasteiger partial charge in [0.25, 0.3) is 0 Å². The van der Waals surface area contributed by atoms with Gasteiger partial charge in [-0.1, -0.05) is 25.7 Å². The fraction of sp³-hybridized carbons (Fsp3) is 0.857. The number of methoxy groups -OCH3 is 1. The van der Waals surface area contributed by atoms with Gasteiger partial charge in [-0.2, -0.15) is 0 Å². The number of nitrogens with zero attached hydrogens (tertiary/aromatic N) is 1. The molecule has 0 atom stereocenters. The lowest BCUT2D eigenvalue weighted by molar-refractivity contribution is -0.153. The first-order chi connectivity index (χ1) is 17.5. The van der Waals surface area contributed by atoms with Crippen LogP contribution in [0.15, 0.2) is 0 Å². The van der Waals surface area contributed by atoms with Crippen molar-refractivity contribution in [3.05, 3.63) is 0 Å². The molecule has 0 heterocycles. The summed E-state index contributed by atoms with van der Waals surface area (Å²) in [5.74, 6) is -0.890. The van der Waals surface area contributed by atoms with E-state index in [0.29, 0.717) is 38.8 Å². The quantitative estimate of drug-likeness (QED) is 0.303. The summed E-state index contributed by atoms with van der Waals surface area (Å²) < 4.78 is 15.3. The predicted molar refractivity (Wildman–Crippen MR) is 144 cm³/mol. The molecule has 2 N–H and O–H groups in total. The largest absolute Gasteiger partial charge is 0.481 e. The van der Waals surface area contributed by atoms with Crippen molar-refractivity contribution in [3.8, 4) is 0 Å². The molecular weight excluding hydrogens is 492 g/mol. The van der Waals surface area contributed by atoms with Crippen LogP contribution >= 0.6 is 0 Å². The fourth-order valence-electron chi connectivity index (χ4n) is 4.98. The van der Waals surface area contributed by atoms with Gasteiger partial charge >= 0.3 is 24.1 Å². The number of nitrogens with one attached hydrogen (secondary N) is 1. The highest BCUT2D eigenvalue weighted by Gasteiger charge is 2.42. The monoisotopic (exact) mass is 542 g/mol. The Morgan fingerprint density at radius 1 is 0.816 bits per heavy atom. The summed E-state index contributed by atoms with van der Waals surface area (Å²) in [4.78, 5) is 48.1. The molecule has 0 aromatic rings. The van der Waals surface area contributed by atoms with Gasteiger partial charge in [-0.05, 0) is 80.1 Å². The minimum absolute atomic E-state index is 0.146. The number of amides is 2. The maximum atomic E-state index is 12.0. The molecule has 10 nitrogen and oxygen atoms in total. The van der Waals surface area contributed by atoms with E-state index in [9.17, 15) is 24.3 Å². The van der Waals surface area contributed by atoms with Crippen LogP contribution in [0.1, 0.15) is 106 Å². The Bertz CT molecular complexity index is 801. The maximum absolute atomic E-state index is 12.0. The molecule has 10 heteroatoms. The van der Waals surface area contributed by atoms with Crippen molar-refractivity contribution in [2.24, 2.45) is 10.8 Å². The molecule has 0 bridgehead atoms. The molecule has 2 aliphatic carbocycles. The van der Waals surface area contributed by atoms with E-state index in [1.807, 2.05) is 20.8 Å². The fourth-order valence-corrected chi connectivity index (χ4v) is 4.98. The SMILES string of the molecule is CC(C)(C)OC(=O)NCCC1(C(=O)O)CCCC1.COC(=O)C1(CCN(C)C(=O)OC(C)(C)C)CCCC1. The molecule has 2 fully saturated rings. The van der Waals surface area contributed by atoms with E-state index in [1.165, 1.54) is 12.0 Å². The summed E-state index contributed by atoms with van der Waals surface area (Å²) in [5.41, 5.74) is -2.08. The Morgan fingerprint density at radius 2 is 1.29 bits per heavy atom. The first-order valence-corrected chi connectivity index (χ1v) is 13.7. The van der Waals surface area contributed by atoms with Gasteiger partial charge in [-0.25, -0.2) is 9.59 Å². The molecule has 2 rings (SSSR count). The van der Waals surface area contributed by atoms with Crippen LogP contribution in [0.3, 0.4) is 0 Å². The summed E-state index contributed by atoms with van der Waals surface area (Å²) >= 11 is 0. The van der Waals surface area contributed by atoms with Crippen LogP contribution in [-0.2, 0) is 23.8 Å². The van der Waals surface area contributed by atoms with E-state index >= 15 is 0 Å². The van der Waals surface area contributed by atoms with Crippen LogP contribution in [0.25, 0.3) is 0 Å². The number of carbonyl (C=O) groups excluding carboxylic acids is 3. The van der Waals surface area contributed by atoms with Crippen LogP contribution in [0.2, 0.25) is 0 Å². The lowest BCUT2D eigenvalue weighted by atomic mass is 9.82. The average molecular weight is 543 g/mol. The Morgan fingerprint density at radius 3 is 1.71 bits per heavy atom. The normalized spacial score (nSPS) is 18.0. The summed E-state index contributed by atoms with van der Waals surface area (Å²) in [6.45, 7) is 11.8. The van der Waals surface area contributed by atoms with Crippen LogP contribution in [-0.4, -0.2) is 72.6 Å². The number of aliphatic carboxylic acids is 1. The Balaban J connectivity index is 0.000000382. The predicted octanol–water partition coefficient (Wildman–Crippen LogP) is 5.52. The van der Waals surface area contributed by atoms with Crippen molar-refractivity contribution in [2.45, 2.75) is 117 Å². The molecule has 0 unspecified atom stereocenters. The lowest BCUT2D eigenvalue weighted by Gasteiger charge is -2.29. The molecule has 2 amide bonds. The molecule has 2 aliphatic rings. The number of hydrogen-bond donors (Lipinski definition) is 2. The number of rotatable bonds is 8. The minimum atomic E-state index is -0.744. The molecule has 0 aliphatic heterocycles. The highest BCUT2D eigenvalue weighted by molar-refractivity contribution is 5.77. The number of ether oxygens (including phenoxy) is 3. The zero-order valence-corrected chi connectivity index (χ0v) is 24.7. The molecule has 38 heavy (non-hydrogen) atoms. The van der Waals surface area contributed by atoms with Gasteiger partial charge in [0.05, 0.1) is 17.9 Å². The molecule has 0 spiro atoms. The maximum Gasteiger partial charge on any atom is 0.410 e. The van der Waals surface area contributed by atoms with E-state index in [1.54, 1.807) is 27.8 Å². The van der Waals surface area contributed by atoms with Crippen LogP contribution in [0.5, 0.6) is 0 Å². The highest BCUT2D eigenvalue weighted by Crippen LogP contribution is 2.42. The van der Waals surface area contributed by atoms with Gasteiger partial charge in [0, 0.05) is 20.1 Å². The second-order valence-electron chi connectivity index (χ2n) is 12.6. The number of carboxylic acid groups (broad SMARTS) is 1. The van der Waals surface area contributed by atoms with Crippen molar-refractivity contribution < 1.29 is 38.5 Å². The summed E-state index contributed by atoms with van der Waals surface area (Å²) in [7, 11) is 3.13. The standard InChI is InChI=1S/C15H27NO4.C13H23NO4/c1-14(2,3)20-13(18)16(4)11-10-15(12(17)19-5)8-6-7-9-15;1-12(2,3)18-11(17)14-9-8-13(10(15)16)6-4-5-7-13/h6-11H2,1-5H3;4-9H2,1-3H3,(H,14,17)(H,15,16). The van der Waals surface area contributed by atoms with Crippen LogP contribution < -0.4 is 5.32 Å². The zero-order valence-electron chi connectivity index (χ0n) is 24.7. The molecule has 0 saturated heterocycles. The Hall–Kier alpha value is -2.52. The second-order valence-corrected chi connectivity index (χ2v) is 12.6. The summed E-state index contributed by atoms with van der Waals surface area (Å²) in [6.07, 6.45) is 7.39. The van der Waals surface area contributed by atoms with Crippen molar-refractivity contribution in [1.29, 1.82) is 0 Å². The van der Waals surface area contributed by atoms with Gasteiger partial charge in [-0.3, -0.25) is 9.59 Å². The van der Waals surface area contributed by atoms with Gasteiger partial charge < -0.3 is 29.5 Å². The number of hydrogen-bond acceptors (Lipinski definition) is 7. The number of esters is 1. The first kappa shape index (κ1) is 33.5. The van der Waals surface area contributed by atoms with Gasteiger partial charge in [0.15, 0.2) is 0 Å². The molecule has 0 aromatic carbocycles. The van der Waals surface area contributed by atoms with Crippen molar-refractivity contribution in [1.82, 2.24) is 10.2 Å². The molecule has 220 valence electrons. The summed E-state index contributed by atoms with van der Waals surface area (Å²) in [5, 5.41) is 11.9. The highest BCUT2D eigenvalue weighted by atomic mass is 16.6. The van der Waals surface area contributed by atoms with Crippen molar-refractivity contribution in [3.63, 3.8) is 0 Å². The topological polar surface area (TPSA) is 131 Å². The average Bonchev–Trinajstić information content (AvgIpc) is 3.46. The van der Waals surface area contributed by atoms with Gasteiger partial charge in [-0.15, -0.1) is 0 Å². The minimum Gasteiger partial charge on any atom is -0.481 e. The zero-order chi connectivity index (χ0) is 29.2. The second kappa shape index (κ2) is 14.0. The van der Waals surface area contributed by atoms with E-state index in [-0.39, 0.29) is 12.1 Å². The van der Waals surface area contributed by atoms with Crippen LogP contribution in [0.4, 0.5) is 9.59 Å². The Labute approximate surface area is 228 Å². The number of carbonyl (C=O) groups is 4. The molecule has 0 aromatic heterocycles. The van der Waals surface area contributed by atoms with E-state index in [4.69, 9.17) is 14.2 Å². The third kappa shape index (κ3) is 11.1. The lowest BCUT2D eigenvalue weighted by Crippen LogP contribution is -2.38. The van der Waals surface area contributed by atoms with E-state index < -0.39 is 34.1 Å². The third-order valence-corrected chi connectivity index (χ3v) is 7.10. The van der Waals surface area contributed by atoms with Crippen molar-refractivity contribution >= 4 is 24.1 Å². The van der Waals surface area contributed by atoms with Crippen LogP contribution in [0, 0.1) is 10.8 Å². The smallest absolute Gasteiger partial charge is 0.410 e. The molecular formula is C28H50N2O8. The van der Waals surface area contributed by atoms with E-state index in [0.717, 1.165) is 38.5 Å². The molecule has 0 radical (unpaired) electrons. The van der Waals surface area contributed by atoms with Gasteiger partial charge in [0.2, 0.25) is 0 Å². The molecule has 2 saturated carbocycles. The van der Waals surface area contributed by atoms with Crippen molar-refractivity contribution in [2.75, 3.05) is 27.2 Å². The van der Waals surface area contributed by atoms with E-state index in [2.05, 4.69) is 5.32 Å². The Kier molecular flexibility index (Phi) is 12.4. The first-order valence-electron chi connectivity index (χ1n) is 13.7.